The molecule has 0 aliphatic heterocycles. The number of carbonyl (C=O) groups is 1. The van der Waals surface area contributed by atoms with E-state index in [0.29, 0.717) is 18.5 Å². The fourth-order valence-corrected chi connectivity index (χ4v) is 5.47. The first kappa shape index (κ1) is 25.6. The van der Waals surface area contributed by atoms with E-state index in [4.69, 9.17) is 0 Å². The Labute approximate surface area is 205 Å². The molecule has 0 N–H and O–H groups in total. The van der Waals surface area contributed by atoms with Gasteiger partial charge in [0.25, 0.3) is 5.91 Å². The largest absolute Gasteiger partial charge is 0.416 e. The highest BCUT2D eigenvalue weighted by molar-refractivity contribution is 7.90. The molecule has 1 aromatic heterocycles. The van der Waals surface area contributed by atoms with Gasteiger partial charge in [0.15, 0.2) is 0 Å². The molecule has 190 valence electrons. The lowest BCUT2D eigenvalue weighted by Gasteiger charge is -2.22. The van der Waals surface area contributed by atoms with Gasteiger partial charge in [0.2, 0.25) is 15.0 Å². The topological polar surface area (TPSA) is 72.3 Å². The van der Waals surface area contributed by atoms with Crippen molar-refractivity contribution in [3.05, 3.63) is 95.6 Å². The molecule has 11 heteroatoms. The molecule has 0 unspecified atom stereocenters. The van der Waals surface area contributed by atoms with Gasteiger partial charge < -0.3 is 9.47 Å². The minimum absolute atomic E-state index is 0.0141. The summed E-state index contributed by atoms with van der Waals surface area (Å²) in [7, 11) is -4.12. The Hall–Kier alpha value is -3.47. The van der Waals surface area contributed by atoms with Crippen molar-refractivity contribution in [3.8, 4) is 0 Å². The Kier molecular flexibility index (Phi) is 7.03. The van der Waals surface area contributed by atoms with E-state index in [1.165, 1.54) is 52.1 Å². The molecule has 0 bridgehead atoms. The van der Waals surface area contributed by atoms with E-state index in [2.05, 4.69) is 11.6 Å². The predicted molar refractivity (Wildman–Crippen MR) is 124 cm³/mol. The van der Waals surface area contributed by atoms with E-state index < -0.39 is 39.1 Å². The van der Waals surface area contributed by atoms with Gasteiger partial charge in [0.1, 0.15) is 5.82 Å². The average molecular weight is 522 g/mol. The van der Waals surface area contributed by atoms with Crippen LogP contribution >= 0.6 is 0 Å². The number of nitrogens with zero attached hydrogens (tertiary/aromatic N) is 3. The Morgan fingerprint density at radius 2 is 1.89 bits per heavy atom. The third kappa shape index (κ3) is 5.51. The quantitative estimate of drug-likeness (QED) is 0.288. The van der Waals surface area contributed by atoms with Crippen LogP contribution in [0.15, 0.2) is 72.5 Å². The van der Waals surface area contributed by atoms with Crippen molar-refractivity contribution in [1.29, 1.82) is 0 Å². The Bertz CT molecular complexity index is 1400. The molecule has 1 fully saturated rings. The second kappa shape index (κ2) is 9.88. The number of halogens is 4. The summed E-state index contributed by atoms with van der Waals surface area (Å²) < 4.78 is 81.4. The highest BCUT2D eigenvalue weighted by Crippen LogP contribution is 2.39. The second-order valence-corrected chi connectivity index (χ2v) is 10.4. The number of alkyl halides is 3. The summed E-state index contributed by atoms with van der Waals surface area (Å²) in [5.74, 6) is -1.94. The molecular formula is C25H23F4N3O3S. The van der Waals surface area contributed by atoms with E-state index in [-0.39, 0.29) is 35.4 Å². The number of hydrogen-bond acceptors (Lipinski definition) is 4. The third-order valence-corrected chi connectivity index (χ3v) is 7.31. The van der Waals surface area contributed by atoms with Crippen molar-refractivity contribution in [2.24, 2.45) is 0 Å². The van der Waals surface area contributed by atoms with Crippen LogP contribution in [-0.2, 0) is 28.3 Å². The van der Waals surface area contributed by atoms with E-state index in [9.17, 15) is 30.8 Å². The standard InChI is InChI=1S/C25H23F4N3O3S/c1-2-12-31(23(33)21-8-3-4-9-22(21)26)15-20-14-30-24(32(20)19-10-11-19)36(34,35)16-17-6-5-7-18(13-17)25(27,28)29/h2-9,13-14,19H,1,10-12,15-16H2. The summed E-state index contributed by atoms with van der Waals surface area (Å²) in [4.78, 5) is 18.4. The van der Waals surface area contributed by atoms with Gasteiger partial charge in [-0.2, -0.15) is 13.2 Å². The molecular weight excluding hydrogens is 498 g/mol. The summed E-state index contributed by atoms with van der Waals surface area (Å²) in [6, 6.07) is 9.53. The molecule has 1 saturated carbocycles. The van der Waals surface area contributed by atoms with Crippen molar-refractivity contribution in [3.63, 3.8) is 0 Å². The van der Waals surface area contributed by atoms with Crippen molar-refractivity contribution >= 4 is 15.7 Å². The molecule has 36 heavy (non-hydrogen) atoms. The minimum Gasteiger partial charge on any atom is -0.329 e. The number of aromatic nitrogens is 2. The van der Waals surface area contributed by atoms with Crippen molar-refractivity contribution in [2.75, 3.05) is 6.54 Å². The van der Waals surface area contributed by atoms with E-state index in [0.717, 1.165) is 18.2 Å². The predicted octanol–water partition coefficient (Wildman–Crippen LogP) is 5.18. The summed E-state index contributed by atoms with van der Waals surface area (Å²) in [5, 5.41) is -0.269. The first-order valence-corrected chi connectivity index (χ1v) is 12.8. The molecule has 6 nitrogen and oxygen atoms in total. The van der Waals surface area contributed by atoms with Crippen molar-refractivity contribution < 1.29 is 30.8 Å². The molecule has 1 amide bonds. The fourth-order valence-electron chi connectivity index (χ4n) is 3.94. The van der Waals surface area contributed by atoms with E-state index >= 15 is 0 Å². The number of benzene rings is 2. The van der Waals surface area contributed by atoms with Crippen LogP contribution in [0.1, 0.15) is 46.1 Å². The van der Waals surface area contributed by atoms with Crippen LogP contribution in [0.3, 0.4) is 0 Å². The summed E-state index contributed by atoms with van der Waals surface area (Å²) in [6.07, 6.45) is -0.404. The third-order valence-electron chi connectivity index (χ3n) is 5.73. The van der Waals surface area contributed by atoms with Gasteiger partial charge in [-0.1, -0.05) is 36.4 Å². The van der Waals surface area contributed by atoms with Crippen molar-refractivity contribution in [1.82, 2.24) is 14.5 Å². The SMILES string of the molecule is C=CCN(Cc1cnc(S(=O)(=O)Cc2cccc(C(F)(F)F)c2)n1C1CC1)C(=O)c1ccccc1F. The van der Waals surface area contributed by atoms with Crippen LogP contribution in [0.5, 0.6) is 0 Å². The minimum atomic E-state index is -4.60. The molecule has 0 spiro atoms. The van der Waals surface area contributed by atoms with Gasteiger partial charge in [0.05, 0.1) is 35.3 Å². The van der Waals surface area contributed by atoms with Crippen LogP contribution in [0, 0.1) is 5.82 Å². The number of rotatable bonds is 9. The summed E-state index contributed by atoms with van der Waals surface area (Å²) in [6.45, 7) is 3.66. The Morgan fingerprint density at radius 1 is 1.17 bits per heavy atom. The first-order valence-electron chi connectivity index (χ1n) is 11.1. The van der Waals surface area contributed by atoms with E-state index in [1.54, 1.807) is 0 Å². The number of hydrogen-bond donors (Lipinski definition) is 0. The highest BCUT2D eigenvalue weighted by atomic mass is 32.2. The van der Waals surface area contributed by atoms with Crippen LogP contribution < -0.4 is 0 Å². The lowest BCUT2D eigenvalue weighted by molar-refractivity contribution is -0.137. The fraction of sp³-hybridized carbons (Fsp3) is 0.280. The molecule has 0 saturated heterocycles. The number of imidazole rings is 1. The van der Waals surface area contributed by atoms with Crippen LogP contribution in [0.4, 0.5) is 17.6 Å². The zero-order valence-electron chi connectivity index (χ0n) is 19.1. The second-order valence-electron chi connectivity index (χ2n) is 8.54. The average Bonchev–Trinajstić information content (AvgIpc) is 3.57. The molecule has 0 radical (unpaired) electrons. The van der Waals surface area contributed by atoms with Gasteiger partial charge in [-0.15, -0.1) is 6.58 Å². The molecule has 1 aliphatic carbocycles. The van der Waals surface area contributed by atoms with Gasteiger partial charge in [-0.05, 0) is 36.6 Å². The van der Waals surface area contributed by atoms with Crippen LogP contribution in [-0.4, -0.2) is 35.3 Å². The molecule has 4 rings (SSSR count). The molecule has 2 aromatic carbocycles. The van der Waals surface area contributed by atoms with Gasteiger partial charge in [-0.3, -0.25) is 4.79 Å². The zero-order chi connectivity index (χ0) is 26.1. The van der Waals surface area contributed by atoms with Crippen LogP contribution in [0.2, 0.25) is 0 Å². The summed E-state index contributed by atoms with van der Waals surface area (Å²) >= 11 is 0. The Balaban J connectivity index is 1.64. The van der Waals surface area contributed by atoms with Gasteiger partial charge in [-0.25, -0.2) is 17.8 Å². The maximum Gasteiger partial charge on any atom is 0.416 e. The number of amides is 1. The number of sulfone groups is 1. The maximum absolute atomic E-state index is 14.2. The summed E-state index contributed by atoms with van der Waals surface area (Å²) in [5.41, 5.74) is -0.659. The monoisotopic (exact) mass is 521 g/mol. The molecule has 1 aliphatic rings. The van der Waals surface area contributed by atoms with Crippen LogP contribution in [0.25, 0.3) is 0 Å². The van der Waals surface area contributed by atoms with E-state index in [1.807, 2.05) is 0 Å². The van der Waals surface area contributed by atoms with Gasteiger partial charge >= 0.3 is 6.18 Å². The van der Waals surface area contributed by atoms with Gasteiger partial charge in [0, 0.05) is 12.6 Å². The smallest absolute Gasteiger partial charge is 0.329 e. The number of carbonyl (C=O) groups excluding carboxylic acids is 1. The zero-order valence-corrected chi connectivity index (χ0v) is 19.9. The lowest BCUT2D eigenvalue weighted by atomic mass is 10.1. The maximum atomic E-state index is 14.2. The molecule has 0 atom stereocenters. The first-order chi connectivity index (χ1) is 17.0. The van der Waals surface area contributed by atoms with Crippen molar-refractivity contribution in [2.45, 2.75) is 42.5 Å². The normalized spacial score (nSPS) is 14.0. The highest BCUT2D eigenvalue weighted by Gasteiger charge is 2.35. The molecule has 1 heterocycles. The lowest BCUT2D eigenvalue weighted by Crippen LogP contribution is -2.32. The molecule has 3 aromatic rings. The Morgan fingerprint density at radius 3 is 2.53 bits per heavy atom.